The predicted octanol–water partition coefficient (Wildman–Crippen LogP) is 3.00. The van der Waals surface area contributed by atoms with Crippen molar-refractivity contribution in [1.29, 1.82) is 0 Å². The molecule has 0 aliphatic carbocycles. The number of nitrogens with zero attached hydrogens (tertiary/aromatic N) is 4. The van der Waals surface area contributed by atoms with Gasteiger partial charge < -0.3 is 9.42 Å². The summed E-state index contributed by atoms with van der Waals surface area (Å²) >= 11 is 0. The zero-order chi connectivity index (χ0) is 22.8. The van der Waals surface area contributed by atoms with Crippen LogP contribution in [0.1, 0.15) is 18.4 Å². The van der Waals surface area contributed by atoms with Crippen LogP contribution in [0.25, 0.3) is 11.4 Å². The second kappa shape index (κ2) is 8.84. The number of halogens is 1. The first kappa shape index (κ1) is 22.4. The summed E-state index contributed by atoms with van der Waals surface area (Å²) in [5, 5.41) is 3.94. The summed E-state index contributed by atoms with van der Waals surface area (Å²) in [6.07, 6.45) is 0.966. The van der Waals surface area contributed by atoms with Crippen LogP contribution in [0.4, 0.5) is 10.1 Å². The van der Waals surface area contributed by atoms with E-state index < -0.39 is 27.8 Å². The van der Waals surface area contributed by atoms with Crippen LogP contribution in [0.3, 0.4) is 0 Å². The summed E-state index contributed by atoms with van der Waals surface area (Å²) < 4.78 is 44.5. The Morgan fingerprint density at radius 2 is 1.90 bits per heavy atom. The van der Waals surface area contributed by atoms with Gasteiger partial charge in [-0.05, 0) is 38.1 Å². The lowest BCUT2D eigenvalue weighted by Crippen LogP contribution is -2.48. The highest BCUT2D eigenvalue weighted by Crippen LogP contribution is 2.23. The monoisotopic (exact) mass is 446 g/mol. The third-order valence-corrected chi connectivity index (χ3v) is 5.86. The molecular weight excluding hydrogens is 423 g/mol. The average molecular weight is 447 g/mol. The molecule has 1 amide bonds. The van der Waals surface area contributed by atoms with Gasteiger partial charge in [-0.3, -0.25) is 9.10 Å². The van der Waals surface area contributed by atoms with Gasteiger partial charge in [0.05, 0.1) is 18.5 Å². The molecule has 0 N–H and O–H groups in total. The smallest absolute Gasteiger partial charge is 0.246 e. The Hall–Kier alpha value is -3.27. The molecule has 8 nitrogen and oxygen atoms in total. The van der Waals surface area contributed by atoms with E-state index in [1.165, 1.54) is 37.1 Å². The number of sulfonamides is 1. The Morgan fingerprint density at radius 1 is 1.19 bits per heavy atom. The van der Waals surface area contributed by atoms with E-state index in [2.05, 4.69) is 10.1 Å². The van der Waals surface area contributed by atoms with Gasteiger partial charge in [0, 0.05) is 12.6 Å². The van der Waals surface area contributed by atoms with E-state index in [9.17, 15) is 17.6 Å². The molecule has 2 aromatic carbocycles. The lowest BCUT2D eigenvalue weighted by molar-refractivity contribution is -0.131. The van der Waals surface area contributed by atoms with E-state index in [1.807, 2.05) is 31.2 Å². The van der Waals surface area contributed by atoms with Crippen molar-refractivity contribution in [3.8, 4) is 11.4 Å². The van der Waals surface area contributed by atoms with Gasteiger partial charge in [0.1, 0.15) is 11.9 Å². The molecule has 31 heavy (non-hydrogen) atoms. The molecule has 0 aliphatic heterocycles. The maximum Gasteiger partial charge on any atom is 0.246 e. The van der Waals surface area contributed by atoms with E-state index >= 15 is 0 Å². The van der Waals surface area contributed by atoms with Gasteiger partial charge >= 0.3 is 0 Å². The number of rotatable bonds is 7. The molecule has 0 fully saturated rings. The molecule has 0 unspecified atom stereocenters. The van der Waals surface area contributed by atoms with Gasteiger partial charge in [-0.25, -0.2) is 12.8 Å². The first-order valence-electron chi connectivity index (χ1n) is 9.46. The van der Waals surface area contributed by atoms with Crippen molar-refractivity contribution in [1.82, 2.24) is 15.0 Å². The Bertz CT molecular complexity index is 1200. The molecule has 0 bridgehead atoms. The van der Waals surface area contributed by atoms with Crippen molar-refractivity contribution in [3.05, 3.63) is 65.8 Å². The van der Waals surface area contributed by atoms with Gasteiger partial charge in [-0.2, -0.15) is 4.98 Å². The topological polar surface area (TPSA) is 96.6 Å². The van der Waals surface area contributed by atoms with Gasteiger partial charge in [0.2, 0.25) is 27.6 Å². The molecule has 1 atom stereocenters. The van der Waals surface area contributed by atoms with Gasteiger partial charge in [0.15, 0.2) is 0 Å². The number of aryl methyl sites for hydroxylation is 1. The van der Waals surface area contributed by atoms with Crippen LogP contribution in [0.2, 0.25) is 0 Å². The Morgan fingerprint density at radius 3 is 2.55 bits per heavy atom. The van der Waals surface area contributed by atoms with Crippen molar-refractivity contribution in [3.63, 3.8) is 0 Å². The third-order valence-electron chi connectivity index (χ3n) is 4.62. The van der Waals surface area contributed by atoms with Crippen LogP contribution >= 0.6 is 0 Å². The number of amides is 1. The number of hydrogen-bond donors (Lipinski definition) is 0. The van der Waals surface area contributed by atoms with E-state index in [1.54, 1.807) is 0 Å². The Kier molecular flexibility index (Phi) is 6.40. The molecular formula is C21H23FN4O4S. The van der Waals surface area contributed by atoms with Crippen LogP contribution in [0.15, 0.2) is 53.1 Å². The fraction of sp³-hybridized carbons (Fsp3) is 0.286. The molecule has 3 aromatic rings. The lowest BCUT2D eigenvalue weighted by Gasteiger charge is -2.30. The maximum absolute atomic E-state index is 13.6. The fourth-order valence-electron chi connectivity index (χ4n) is 3.24. The minimum Gasteiger partial charge on any atom is -0.337 e. The fourth-order valence-corrected chi connectivity index (χ4v) is 4.40. The molecule has 3 rings (SSSR count). The van der Waals surface area contributed by atoms with Gasteiger partial charge in [-0.1, -0.05) is 35.0 Å². The summed E-state index contributed by atoms with van der Waals surface area (Å²) in [6.45, 7) is 3.38. The summed E-state index contributed by atoms with van der Waals surface area (Å²) in [5.74, 6) is -0.514. The van der Waals surface area contributed by atoms with E-state index in [4.69, 9.17) is 4.52 Å². The Balaban J connectivity index is 1.78. The number of hydrogen-bond acceptors (Lipinski definition) is 6. The molecule has 0 aliphatic rings. The zero-order valence-corrected chi connectivity index (χ0v) is 18.4. The standard InChI is InChI=1S/C21H23FN4O4S/c1-14-7-5-8-16(11-14)20-23-19(30-24-20)13-25(3)21(27)15(2)26(31(4,28)29)18-10-6-9-17(22)12-18/h5-12,15H,13H2,1-4H3/t15-/m0/s1. The summed E-state index contributed by atoms with van der Waals surface area (Å²) in [4.78, 5) is 18.6. The second-order valence-corrected chi connectivity index (χ2v) is 9.15. The largest absolute Gasteiger partial charge is 0.337 e. The summed E-state index contributed by atoms with van der Waals surface area (Å²) in [6, 6.07) is 11.6. The van der Waals surface area contributed by atoms with Crippen molar-refractivity contribution in [2.24, 2.45) is 0 Å². The van der Waals surface area contributed by atoms with Crippen molar-refractivity contribution < 1.29 is 22.1 Å². The minimum absolute atomic E-state index is 0.0112. The predicted molar refractivity (Wildman–Crippen MR) is 114 cm³/mol. The number of benzene rings is 2. The highest BCUT2D eigenvalue weighted by Gasteiger charge is 2.31. The number of carbonyl (C=O) groups is 1. The molecule has 0 saturated heterocycles. The zero-order valence-electron chi connectivity index (χ0n) is 17.6. The van der Waals surface area contributed by atoms with E-state index in [0.717, 1.165) is 27.8 Å². The van der Waals surface area contributed by atoms with Crippen LogP contribution < -0.4 is 4.31 Å². The molecule has 0 radical (unpaired) electrons. The first-order valence-corrected chi connectivity index (χ1v) is 11.3. The van der Waals surface area contributed by atoms with Crippen LogP contribution in [0.5, 0.6) is 0 Å². The van der Waals surface area contributed by atoms with E-state index in [-0.39, 0.29) is 18.1 Å². The SMILES string of the molecule is Cc1cccc(-c2noc(CN(C)C(=O)[C@H](C)N(c3cccc(F)c3)S(C)(=O)=O)n2)c1. The van der Waals surface area contributed by atoms with Crippen molar-refractivity contribution >= 4 is 21.6 Å². The highest BCUT2D eigenvalue weighted by atomic mass is 32.2. The third kappa shape index (κ3) is 5.26. The lowest BCUT2D eigenvalue weighted by atomic mass is 10.1. The van der Waals surface area contributed by atoms with Gasteiger partial charge in [-0.15, -0.1) is 0 Å². The molecule has 1 heterocycles. The summed E-state index contributed by atoms with van der Waals surface area (Å²) in [5.41, 5.74) is 1.89. The maximum atomic E-state index is 13.6. The molecule has 0 saturated carbocycles. The van der Waals surface area contributed by atoms with Crippen LogP contribution in [0, 0.1) is 12.7 Å². The minimum atomic E-state index is -3.85. The van der Waals surface area contributed by atoms with Crippen molar-refractivity contribution in [2.45, 2.75) is 26.4 Å². The normalized spacial score (nSPS) is 12.4. The molecule has 164 valence electrons. The summed E-state index contributed by atoms with van der Waals surface area (Å²) in [7, 11) is -2.35. The molecule has 1 aromatic heterocycles. The molecule has 10 heteroatoms. The van der Waals surface area contributed by atoms with Crippen LogP contribution in [-0.4, -0.2) is 48.7 Å². The quantitative estimate of drug-likeness (QED) is 0.554. The van der Waals surface area contributed by atoms with E-state index in [0.29, 0.717) is 5.82 Å². The Labute approximate surface area is 180 Å². The number of likely N-dealkylation sites (N-methyl/N-ethyl adjacent to an activating group) is 1. The van der Waals surface area contributed by atoms with Crippen LogP contribution in [-0.2, 0) is 21.4 Å². The van der Waals surface area contributed by atoms with Gasteiger partial charge in [0.25, 0.3) is 0 Å². The number of anilines is 1. The highest BCUT2D eigenvalue weighted by molar-refractivity contribution is 7.92. The number of aromatic nitrogens is 2. The van der Waals surface area contributed by atoms with Crippen molar-refractivity contribution in [2.75, 3.05) is 17.6 Å². The first-order chi connectivity index (χ1) is 14.6. The average Bonchev–Trinajstić information content (AvgIpc) is 3.15. The second-order valence-electron chi connectivity index (χ2n) is 7.29. The molecule has 0 spiro atoms. The number of carbonyl (C=O) groups excluding carboxylic acids is 1.